The molecule has 25 heavy (non-hydrogen) atoms. The molecule has 1 amide bonds. The summed E-state index contributed by atoms with van der Waals surface area (Å²) in [5.41, 5.74) is 1.07. The number of rotatable bonds is 7. The summed E-state index contributed by atoms with van der Waals surface area (Å²) in [7, 11) is 1.75. The monoisotopic (exact) mass is 479 g/mol. The van der Waals surface area contributed by atoms with Crippen molar-refractivity contribution < 1.29 is 4.79 Å². The van der Waals surface area contributed by atoms with Gasteiger partial charge in [-0.3, -0.25) is 9.79 Å². The number of nitrogens with one attached hydrogen (secondary N) is 3. The average Bonchev–Trinajstić information content (AvgIpc) is 3.16. The summed E-state index contributed by atoms with van der Waals surface area (Å²) in [6, 6.07) is 0. The molecule has 0 aromatic carbocycles. The first kappa shape index (κ1) is 22.1. The number of thiazole rings is 1. The highest BCUT2D eigenvalue weighted by Crippen LogP contribution is 2.27. The highest BCUT2D eigenvalue weighted by molar-refractivity contribution is 14.0. The molecule has 0 unspecified atom stereocenters. The Morgan fingerprint density at radius 2 is 1.88 bits per heavy atom. The first-order valence-electron chi connectivity index (χ1n) is 8.72. The van der Waals surface area contributed by atoms with E-state index in [0.717, 1.165) is 16.7 Å². The number of aromatic nitrogens is 1. The van der Waals surface area contributed by atoms with Gasteiger partial charge in [0, 0.05) is 31.4 Å². The smallest absolute Gasteiger partial charge is 0.220 e. The van der Waals surface area contributed by atoms with Crippen molar-refractivity contribution in [3.8, 4) is 0 Å². The van der Waals surface area contributed by atoms with Crippen molar-refractivity contribution in [1.29, 1.82) is 0 Å². The summed E-state index contributed by atoms with van der Waals surface area (Å²) in [4.78, 5) is 21.7. The Kier molecular flexibility index (Phi) is 10.3. The van der Waals surface area contributed by atoms with Gasteiger partial charge in [0.05, 0.1) is 17.2 Å². The summed E-state index contributed by atoms with van der Waals surface area (Å²) in [6.07, 6.45) is 5.65. The molecule has 2 rings (SSSR count). The molecule has 3 N–H and O–H groups in total. The van der Waals surface area contributed by atoms with Crippen LogP contribution in [-0.4, -0.2) is 37.0 Å². The Hall–Kier alpha value is -0.900. The van der Waals surface area contributed by atoms with Crippen molar-refractivity contribution in [2.24, 2.45) is 10.9 Å². The van der Waals surface area contributed by atoms with Crippen molar-refractivity contribution >= 4 is 47.2 Å². The second-order valence-corrected chi connectivity index (χ2v) is 7.59. The number of nitrogens with zero attached hydrogens (tertiary/aromatic N) is 2. The van der Waals surface area contributed by atoms with Crippen LogP contribution >= 0.6 is 35.3 Å². The fourth-order valence-electron chi connectivity index (χ4n) is 3.05. The lowest BCUT2D eigenvalue weighted by molar-refractivity contribution is -0.121. The van der Waals surface area contributed by atoms with Gasteiger partial charge >= 0.3 is 0 Å². The minimum atomic E-state index is 0. The van der Waals surface area contributed by atoms with Gasteiger partial charge in [0.15, 0.2) is 5.96 Å². The van der Waals surface area contributed by atoms with Crippen molar-refractivity contribution in [1.82, 2.24) is 20.9 Å². The minimum Gasteiger partial charge on any atom is -0.355 e. The van der Waals surface area contributed by atoms with Crippen molar-refractivity contribution in [3.63, 3.8) is 0 Å². The zero-order valence-corrected chi connectivity index (χ0v) is 18.5. The standard InChI is InChI=1S/C17H29N5OS.HI/c1-12-15(24-13(2)22-12)11-21-17(18-3)20-9-8-19-16(23)10-14-6-4-5-7-14;/h14H,4-11H2,1-3H3,(H,19,23)(H2,18,20,21);1H. The van der Waals surface area contributed by atoms with Gasteiger partial charge in [0.2, 0.25) is 5.91 Å². The van der Waals surface area contributed by atoms with Gasteiger partial charge in [-0.2, -0.15) is 0 Å². The summed E-state index contributed by atoms with van der Waals surface area (Å²) in [6.45, 7) is 6.03. The van der Waals surface area contributed by atoms with E-state index in [1.165, 1.54) is 30.6 Å². The fraction of sp³-hybridized carbons (Fsp3) is 0.706. The lowest BCUT2D eigenvalue weighted by atomic mass is 10.0. The van der Waals surface area contributed by atoms with Crippen LogP contribution in [0.4, 0.5) is 0 Å². The summed E-state index contributed by atoms with van der Waals surface area (Å²) >= 11 is 1.70. The van der Waals surface area contributed by atoms with E-state index in [4.69, 9.17) is 0 Å². The number of aliphatic imine (C=N–C) groups is 1. The van der Waals surface area contributed by atoms with E-state index in [1.807, 2.05) is 13.8 Å². The second kappa shape index (κ2) is 11.7. The molecule has 0 radical (unpaired) electrons. The molecular weight excluding hydrogens is 449 g/mol. The molecular formula is C17H30IN5OS. The van der Waals surface area contributed by atoms with Crippen LogP contribution in [-0.2, 0) is 11.3 Å². The normalized spacial score (nSPS) is 14.9. The van der Waals surface area contributed by atoms with E-state index in [1.54, 1.807) is 18.4 Å². The van der Waals surface area contributed by atoms with E-state index < -0.39 is 0 Å². The predicted molar refractivity (Wildman–Crippen MR) is 115 cm³/mol. The molecule has 1 aromatic heterocycles. The van der Waals surface area contributed by atoms with Gasteiger partial charge in [-0.15, -0.1) is 35.3 Å². The van der Waals surface area contributed by atoms with Crippen LogP contribution in [0.25, 0.3) is 0 Å². The molecule has 8 heteroatoms. The van der Waals surface area contributed by atoms with Gasteiger partial charge in [-0.05, 0) is 32.6 Å². The molecule has 1 fully saturated rings. The number of amides is 1. The topological polar surface area (TPSA) is 78.4 Å². The Labute approximate surface area is 171 Å². The lowest BCUT2D eigenvalue weighted by Gasteiger charge is -2.13. The molecule has 1 aliphatic rings. The molecule has 0 bridgehead atoms. The Morgan fingerprint density at radius 3 is 2.48 bits per heavy atom. The molecule has 142 valence electrons. The number of carbonyl (C=O) groups excluding carboxylic acids is 1. The van der Waals surface area contributed by atoms with E-state index in [0.29, 0.717) is 32.0 Å². The van der Waals surface area contributed by atoms with Gasteiger partial charge in [-0.1, -0.05) is 12.8 Å². The predicted octanol–water partition coefficient (Wildman–Crippen LogP) is 2.74. The van der Waals surface area contributed by atoms with Gasteiger partial charge in [0.25, 0.3) is 0 Å². The van der Waals surface area contributed by atoms with E-state index in [9.17, 15) is 4.79 Å². The summed E-state index contributed by atoms with van der Waals surface area (Å²) < 4.78 is 0. The van der Waals surface area contributed by atoms with Crippen LogP contribution in [0.2, 0.25) is 0 Å². The third kappa shape index (κ3) is 7.89. The second-order valence-electron chi connectivity index (χ2n) is 6.30. The maximum absolute atomic E-state index is 11.9. The molecule has 6 nitrogen and oxygen atoms in total. The summed E-state index contributed by atoms with van der Waals surface area (Å²) in [5, 5.41) is 10.6. The average molecular weight is 479 g/mol. The molecule has 1 heterocycles. The van der Waals surface area contributed by atoms with Crippen molar-refractivity contribution in [3.05, 3.63) is 15.6 Å². The molecule has 1 saturated carbocycles. The van der Waals surface area contributed by atoms with Gasteiger partial charge < -0.3 is 16.0 Å². The summed E-state index contributed by atoms with van der Waals surface area (Å²) in [5.74, 6) is 1.51. The van der Waals surface area contributed by atoms with Crippen LogP contribution in [0.5, 0.6) is 0 Å². The maximum atomic E-state index is 11.9. The van der Waals surface area contributed by atoms with E-state index >= 15 is 0 Å². The van der Waals surface area contributed by atoms with Crippen LogP contribution in [0, 0.1) is 19.8 Å². The van der Waals surface area contributed by atoms with Crippen molar-refractivity contribution in [2.75, 3.05) is 20.1 Å². The Bertz CT molecular complexity index is 569. The molecule has 0 saturated heterocycles. The van der Waals surface area contributed by atoms with Crippen LogP contribution in [0.1, 0.15) is 47.7 Å². The highest BCUT2D eigenvalue weighted by Gasteiger charge is 2.17. The molecule has 1 aliphatic carbocycles. The van der Waals surface area contributed by atoms with Gasteiger partial charge in [0.1, 0.15) is 0 Å². The molecule has 0 spiro atoms. The number of carbonyl (C=O) groups is 1. The van der Waals surface area contributed by atoms with Crippen LogP contribution in [0.15, 0.2) is 4.99 Å². The number of aryl methyl sites for hydroxylation is 2. The fourth-order valence-corrected chi connectivity index (χ4v) is 3.93. The first-order chi connectivity index (χ1) is 11.6. The van der Waals surface area contributed by atoms with Gasteiger partial charge in [-0.25, -0.2) is 4.98 Å². The lowest BCUT2D eigenvalue weighted by Crippen LogP contribution is -2.41. The zero-order chi connectivity index (χ0) is 17.4. The first-order valence-corrected chi connectivity index (χ1v) is 9.54. The molecule has 0 aliphatic heterocycles. The zero-order valence-electron chi connectivity index (χ0n) is 15.4. The van der Waals surface area contributed by atoms with Crippen molar-refractivity contribution in [2.45, 2.75) is 52.5 Å². The maximum Gasteiger partial charge on any atom is 0.220 e. The van der Waals surface area contributed by atoms with Crippen LogP contribution < -0.4 is 16.0 Å². The number of hydrogen-bond donors (Lipinski definition) is 3. The molecule has 0 atom stereocenters. The SMILES string of the molecule is CN=C(NCCNC(=O)CC1CCCC1)NCc1sc(C)nc1C.I. The third-order valence-corrected chi connectivity index (χ3v) is 5.40. The number of hydrogen-bond acceptors (Lipinski definition) is 4. The highest BCUT2D eigenvalue weighted by atomic mass is 127. The van der Waals surface area contributed by atoms with E-state index in [2.05, 4.69) is 25.9 Å². The van der Waals surface area contributed by atoms with E-state index in [-0.39, 0.29) is 29.9 Å². The number of halogens is 1. The number of guanidine groups is 1. The molecule has 1 aromatic rings. The minimum absolute atomic E-state index is 0. The Balaban J connectivity index is 0.00000312. The third-order valence-electron chi connectivity index (χ3n) is 4.33. The van der Waals surface area contributed by atoms with Crippen LogP contribution in [0.3, 0.4) is 0 Å². The quantitative estimate of drug-likeness (QED) is 0.243. The Morgan fingerprint density at radius 1 is 1.20 bits per heavy atom. The largest absolute Gasteiger partial charge is 0.355 e.